The minimum atomic E-state index is -3.69. The number of rotatable bonds is 2. The molecule has 2 aliphatic rings. The smallest absolute Gasteiger partial charge is 0.331 e. The normalized spacial score (nSPS) is 28.3. The molecule has 7 nitrogen and oxygen atoms in total. The van der Waals surface area contributed by atoms with Gasteiger partial charge in [-0.2, -0.15) is 0 Å². The highest BCUT2D eigenvalue weighted by Gasteiger charge is 2.50. The number of aryl methyl sites for hydroxylation is 1. The van der Waals surface area contributed by atoms with Gasteiger partial charge in [0.05, 0.1) is 22.1 Å². The van der Waals surface area contributed by atoms with E-state index in [0.29, 0.717) is 19.3 Å². The number of carbonyl (C=O) groups excluding carboxylic acids is 2. The molecule has 3 unspecified atom stereocenters. The van der Waals surface area contributed by atoms with Gasteiger partial charge in [0.25, 0.3) is 5.91 Å². The van der Waals surface area contributed by atoms with Crippen molar-refractivity contribution in [3.63, 3.8) is 0 Å². The van der Waals surface area contributed by atoms with Crippen molar-refractivity contribution < 1.29 is 23.2 Å². The van der Waals surface area contributed by atoms with Crippen molar-refractivity contribution in [2.24, 2.45) is 5.92 Å². The van der Waals surface area contributed by atoms with Gasteiger partial charge in [-0.25, -0.2) is 13.2 Å². The van der Waals surface area contributed by atoms with Crippen LogP contribution in [-0.2, 0) is 14.6 Å². The first kappa shape index (κ1) is 15.9. The Hall–Kier alpha value is -1.93. The van der Waals surface area contributed by atoms with Gasteiger partial charge < -0.3 is 5.32 Å². The van der Waals surface area contributed by atoms with Crippen molar-refractivity contribution in [3.05, 3.63) is 29.8 Å². The highest BCUT2D eigenvalue weighted by molar-refractivity contribution is 7.92. The zero-order valence-corrected chi connectivity index (χ0v) is 13.4. The van der Waals surface area contributed by atoms with Crippen LogP contribution in [0.1, 0.15) is 24.8 Å². The SMILES string of the molecule is Cc1cccc(S(=O)(=O)C2CCCC3C(=O)N(O)C(=O)NC32)c1. The van der Waals surface area contributed by atoms with Gasteiger partial charge in [-0.05, 0) is 37.5 Å². The van der Waals surface area contributed by atoms with Gasteiger partial charge in [0.1, 0.15) is 0 Å². The van der Waals surface area contributed by atoms with E-state index in [4.69, 9.17) is 0 Å². The maximum atomic E-state index is 13.0. The molecule has 2 fully saturated rings. The van der Waals surface area contributed by atoms with Crippen molar-refractivity contribution in [1.82, 2.24) is 10.4 Å². The molecular weight excluding hydrogens is 320 g/mol. The number of nitrogens with zero attached hydrogens (tertiary/aromatic N) is 1. The number of hydrogen-bond acceptors (Lipinski definition) is 5. The Labute approximate surface area is 134 Å². The molecule has 0 bridgehead atoms. The summed E-state index contributed by atoms with van der Waals surface area (Å²) in [5, 5.41) is 11.1. The van der Waals surface area contributed by atoms with Crippen molar-refractivity contribution in [3.8, 4) is 0 Å². The number of nitrogens with one attached hydrogen (secondary N) is 1. The molecule has 0 radical (unpaired) electrons. The van der Waals surface area contributed by atoms with Crippen molar-refractivity contribution in [2.75, 3.05) is 0 Å². The first-order chi connectivity index (χ1) is 10.8. The van der Waals surface area contributed by atoms with Crippen LogP contribution >= 0.6 is 0 Å². The van der Waals surface area contributed by atoms with Gasteiger partial charge >= 0.3 is 6.03 Å². The standard InChI is InChI=1S/C15H18N2O5S/c1-9-4-2-5-10(8-9)23(21,22)12-7-3-6-11-13(12)16-15(19)17(20)14(11)18/h2,4-5,8,11-13,20H,3,6-7H2,1H3,(H,16,19). The molecule has 1 heterocycles. The van der Waals surface area contributed by atoms with Crippen molar-refractivity contribution >= 4 is 21.8 Å². The van der Waals surface area contributed by atoms with Gasteiger partial charge in [0.2, 0.25) is 0 Å². The van der Waals surface area contributed by atoms with E-state index in [2.05, 4.69) is 5.32 Å². The third-order valence-electron chi connectivity index (χ3n) is 4.56. The minimum Gasteiger partial charge on any atom is -0.331 e. The molecule has 1 aromatic carbocycles. The number of hydroxylamine groups is 2. The van der Waals surface area contributed by atoms with Gasteiger partial charge in [-0.15, -0.1) is 5.06 Å². The molecule has 8 heteroatoms. The molecule has 1 saturated carbocycles. The van der Waals surface area contributed by atoms with Crippen LogP contribution in [-0.4, -0.2) is 41.9 Å². The molecule has 3 rings (SSSR count). The Morgan fingerprint density at radius 1 is 1.26 bits per heavy atom. The van der Waals surface area contributed by atoms with Crippen molar-refractivity contribution in [2.45, 2.75) is 42.4 Å². The van der Waals surface area contributed by atoms with Crippen LogP contribution in [0.5, 0.6) is 0 Å². The average molecular weight is 338 g/mol. The summed E-state index contributed by atoms with van der Waals surface area (Å²) in [6.07, 6.45) is 1.36. The summed E-state index contributed by atoms with van der Waals surface area (Å²) in [5.41, 5.74) is 0.823. The lowest BCUT2D eigenvalue weighted by Crippen LogP contribution is -2.64. The number of sulfone groups is 1. The summed E-state index contributed by atoms with van der Waals surface area (Å²) in [7, 11) is -3.69. The molecule has 0 spiro atoms. The molecule has 1 aromatic rings. The van der Waals surface area contributed by atoms with Crippen LogP contribution in [0.2, 0.25) is 0 Å². The van der Waals surface area contributed by atoms with Crippen LogP contribution in [0.25, 0.3) is 0 Å². The van der Waals surface area contributed by atoms with Crippen LogP contribution in [0.3, 0.4) is 0 Å². The second-order valence-corrected chi connectivity index (χ2v) is 8.23. The first-order valence-corrected chi connectivity index (χ1v) is 9.01. The highest BCUT2D eigenvalue weighted by Crippen LogP contribution is 2.35. The second kappa shape index (κ2) is 5.61. The zero-order valence-electron chi connectivity index (χ0n) is 12.6. The third kappa shape index (κ3) is 2.61. The summed E-state index contributed by atoms with van der Waals surface area (Å²) < 4.78 is 25.9. The number of fused-ring (bicyclic) bond motifs is 1. The summed E-state index contributed by atoms with van der Waals surface area (Å²) in [4.78, 5) is 23.9. The Morgan fingerprint density at radius 3 is 2.70 bits per heavy atom. The lowest BCUT2D eigenvalue weighted by Gasteiger charge is -2.41. The van der Waals surface area contributed by atoms with Crippen molar-refractivity contribution in [1.29, 1.82) is 0 Å². The van der Waals surface area contributed by atoms with E-state index in [0.717, 1.165) is 5.56 Å². The minimum absolute atomic E-state index is 0.0445. The molecule has 1 aliphatic heterocycles. The molecule has 1 saturated heterocycles. The van der Waals surface area contributed by atoms with E-state index >= 15 is 0 Å². The quantitative estimate of drug-likeness (QED) is 0.790. The third-order valence-corrected chi connectivity index (χ3v) is 6.80. The molecule has 3 amide bonds. The van der Waals surface area contributed by atoms with E-state index in [1.807, 2.05) is 0 Å². The lowest BCUT2D eigenvalue weighted by atomic mass is 9.82. The Bertz CT molecular complexity index is 761. The molecule has 3 atom stereocenters. The van der Waals surface area contributed by atoms with Crippen LogP contribution in [0.15, 0.2) is 29.2 Å². The molecular formula is C15H18N2O5S. The van der Waals surface area contributed by atoms with E-state index < -0.39 is 39.0 Å². The zero-order chi connectivity index (χ0) is 16.8. The molecule has 23 heavy (non-hydrogen) atoms. The number of hydrogen-bond donors (Lipinski definition) is 2. The largest absolute Gasteiger partial charge is 0.348 e. The number of imide groups is 1. The second-order valence-electron chi connectivity index (χ2n) is 6.06. The summed E-state index contributed by atoms with van der Waals surface area (Å²) in [6, 6.07) is 4.81. The summed E-state index contributed by atoms with van der Waals surface area (Å²) in [5.74, 6) is -1.45. The van der Waals surface area contributed by atoms with Gasteiger partial charge in [-0.3, -0.25) is 10.0 Å². The predicted octanol–water partition coefficient (Wildman–Crippen LogP) is 1.25. The Balaban J connectivity index is 1.99. The maximum Gasteiger partial charge on any atom is 0.348 e. The van der Waals surface area contributed by atoms with Gasteiger partial charge in [0, 0.05) is 0 Å². The van der Waals surface area contributed by atoms with Crippen LogP contribution in [0, 0.1) is 12.8 Å². The van der Waals surface area contributed by atoms with E-state index in [1.165, 1.54) is 6.07 Å². The molecule has 1 aliphatic carbocycles. The monoisotopic (exact) mass is 338 g/mol. The summed E-state index contributed by atoms with van der Waals surface area (Å²) >= 11 is 0. The maximum absolute atomic E-state index is 13.0. The van der Waals surface area contributed by atoms with E-state index in [1.54, 1.807) is 25.1 Å². The Kier molecular flexibility index (Phi) is 3.89. The fraction of sp³-hybridized carbons (Fsp3) is 0.467. The highest BCUT2D eigenvalue weighted by atomic mass is 32.2. The first-order valence-electron chi connectivity index (χ1n) is 7.46. The topological polar surface area (TPSA) is 104 Å². The number of urea groups is 1. The average Bonchev–Trinajstić information content (AvgIpc) is 2.52. The lowest BCUT2D eigenvalue weighted by molar-refractivity contribution is -0.163. The molecule has 124 valence electrons. The number of benzene rings is 1. The predicted molar refractivity (Wildman–Crippen MR) is 80.4 cm³/mol. The molecule has 0 aromatic heterocycles. The van der Waals surface area contributed by atoms with Gasteiger partial charge in [0.15, 0.2) is 9.84 Å². The number of carbonyl (C=O) groups is 2. The van der Waals surface area contributed by atoms with Crippen LogP contribution in [0.4, 0.5) is 4.79 Å². The summed E-state index contributed by atoms with van der Waals surface area (Å²) in [6.45, 7) is 1.80. The Morgan fingerprint density at radius 2 is 2.00 bits per heavy atom. The van der Waals surface area contributed by atoms with E-state index in [9.17, 15) is 23.2 Å². The van der Waals surface area contributed by atoms with E-state index in [-0.39, 0.29) is 9.96 Å². The fourth-order valence-electron chi connectivity index (χ4n) is 3.40. The fourth-order valence-corrected chi connectivity index (χ4v) is 5.49. The van der Waals surface area contributed by atoms with Gasteiger partial charge in [-0.1, -0.05) is 18.6 Å². The number of amides is 3. The molecule has 2 N–H and O–H groups in total. The van der Waals surface area contributed by atoms with Crippen LogP contribution < -0.4 is 5.32 Å².